The first-order valence-electron chi connectivity index (χ1n) is 5.94. The van der Waals surface area contributed by atoms with E-state index in [1.54, 1.807) is 0 Å². The van der Waals surface area contributed by atoms with Gasteiger partial charge >= 0.3 is 0 Å². The van der Waals surface area contributed by atoms with E-state index in [0.717, 1.165) is 26.3 Å². The second-order valence-electron chi connectivity index (χ2n) is 5.78. The van der Waals surface area contributed by atoms with Gasteiger partial charge in [-0.2, -0.15) is 5.10 Å². The van der Waals surface area contributed by atoms with Crippen molar-refractivity contribution in [2.75, 3.05) is 13.2 Å². The monoisotopic (exact) mass is 221 g/mol. The summed E-state index contributed by atoms with van der Waals surface area (Å²) in [6, 6.07) is 0.476. The molecular formula is C12H19N3O. The van der Waals surface area contributed by atoms with Gasteiger partial charge in [-0.05, 0) is 20.8 Å². The molecule has 1 aromatic heterocycles. The number of hydrogen-bond acceptors (Lipinski definition) is 3. The molecule has 1 saturated heterocycles. The molecule has 1 aromatic rings. The zero-order chi connectivity index (χ0) is 11.3. The van der Waals surface area contributed by atoms with E-state index in [9.17, 15) is 0 Å². The van der Waals surface area contributed by atoms with Gasteiger partial charge < -0.3 is 4.74 Å². The Morgan fingerprint density at radius 1 is 1.31 bits per heavy atom. The first kappa shape index (κ1) is 10.3. The summed E-state index contributed by atoms with van der Waals surface area (Å²) in [6.45, 7) is 10.5. The van der Waals surface area contributed by atoms with Crippen molar-refractivity contribution in [3.63, 3.8) is 0 Å². The van der Waals surface area contributed by atoms with Crippen molar-refractivity contribution < 1.29 is 4.74 Å². The van der Waals surface area contributed by atoms with E-state index in [0.29, 0.717) is 6.04 Å². The zero-order valence-corrected chi connectivity index (χ0v) is 10.2. The first-order valence-corrected chi connectivity index (χ1v) is 5.94. The van der Waals surface area contributed by atoms with E-state index in [1.807, 2.05) is 6.20 Å². The second-order valence-corrected chi connectivity index (χ2v) is 5.78. The lowest BCUT2D eigenvalue weighted by molar-refractivity contribution is -0.0306. The Morgan fingerprint density at radius 3 is 2.62 bits per heavy atom. The van der Waals surface area contributed by atoms with Crippen LogP contribution in [0, 0.1) is 0 Å². The third-order valence-electron chi connectivity index (χ3n) is 3.60. The van der Waals surface area contributed by atoms with Gasteiger partial charge in [-0.1, -0.05) is 0 Å². The van der Waals surface area contributed by atoms with Gasteiger partial charge in [0.25, 0.3) is 0 Å². The van der Waals surface area contributed by atoms with E-state index in [-0.39, 0.29) is 5.54 Å². The van der Waals surface area contributed by atoms with Crippen molar-refractivity contribution in [2.24, 2.45) is 0 Å². The quantitative estimate of drug-likeness (QED) is 0.721. The van der Waals surface area contributed by atoms with E-state index < -0.39 is 0 Å². The number of ether oxygens (including phenoxy) is 1. The SMILES string of the molecule is CC(C)(C)N1Cc2cnn(C3COC3)c2C1. The van der Waals surface area contributed by atoms with E-state index in [2.05, 4.69) is 35.5 Å². The molecule has 0 N–H and O–H groups in total. The smallest absolute Gasteiger partial charge is 0.0989 e. The summed E-state index contributed by atoms with van der Waals surface area (Å²) in [7, 11) is 0. The molecule has 1 fully saturated rings. The molecule has 3 heterocycles. The number of nitrogens with zero attached hydrogens (tertiary/aromatic N) is 3. The van der Waals surface area contributed by atoms with Crippen LogP contribution in [-0.2, 0) is 17.8 Å². The topological polar surface area (TPSA) is 30.3 Å². The fourth-order valence-corrected chi connectivity index (χ4v) is 2.33. The standard InChI is InChI=1S/C12H19N3O/c1-12(2,3)14-5-9-4-13-15(11(9)6-14)10-7-16-8-10/h4,10H,5-8H2,1-3H3. The lowest BCUT2D eigenvalue weighted by Gasteiger charge is -2.32. The highest BCUT2D eigenvalue weighted by molar-refractivity contribution is 5.23. The van der Waals surface area contributed by atoms with Crippen molar-refractivity contribution in [1.82, 2.24) is 14.7 Å². The molecule has 0 bridgehead atoms. The van der Waals surface area contributed by atoms with Crippen LogP contribution in [0.4, 0.5) is 0 Å². The minimum absolute atomic E-state index is 0.236. The summed E-state index contributed by atoms with van der Waals surface area (Å²) >= 11 is 0. The maximum absolute atomic E-state index is 5.24. The molecule has 88 valence electrons. The predicted octanol–water partition coefficient (Wildman–Crippen LogP) is 1.57. The van der Waals surface area contributed by atoms with Gasteiger partial charge in [0, 0.05) is 24.2 Å². The van der Waals surface area contributed by atoms with E-state index in [4.69, 9.17) is 4.74 Å². The van der Waals surface area contributed by atoms with Gasteiger partial charge in [0.2, 0.25) is 0 Å². The lowest BCUT2D eigenvalue weighted by Crippen LogP contribution is -2.38. The van der Waals surface area contributed by atoms with Crippen LogP contribution >= 0.6 is 0 Å². The summed E-state index contributed by atoms with van der Waals surface area (Å²) in [5.74, 6) is 0. The van der Waals surface area contributed by atoms with Crippen molar-refractivity contribution >= 4 is 0 Å². The summed E-state index contributed by atoms with van der Waals surface area (Å²) < 4.78 is 7.41. The van der Waals surface area contributed by atoms with Crippen LogP contribution in [0.2, 0.25) is 0 Å². The minimum Gasteiger partial charge on any atom is -0.377 e. The van der Waals surface area contributed by atoms with Gasteiger partial charge in [-0.25, -0.2) is 0 Å². The van der Waals surface area contributed by atoms with Crippen LogP contribution in [0.15, 0.2) is 6.20 Å². The van der Waals surface area contributed by atoms with Gasteiger partial charge in [0.1, 0.15) is 0 Å². The van der Waals surface area contributed by atoms with Crippen molar-refractivity contribution in [2.45, 2.75) is 45.4 Å². The Hall–Kier alpha value is -0.870. The Bertz CT molecular complexity index is 401. The molecule has 2 aliphatic heterocycles. The number of hydrogen-bond donors (Lipinski definition) is 0. The highest BCUT2D eigenvalue weighted by atomic mass is 16.5. The Morgan fingerprint density at radius 2 is 2.06 bits per heavy atom. The summed E-state index contributed by atoms with van der Waals surface area (Å²) in [5.41, 5.74) is 3.02. The highest BCUT2D eigenvalue weighted by Gasteiger charge is 2.33. The molecule has 0 radical (unpaired) electrons. The molecule has 4 heteroatoms. The molecule has 3 rings (SSSR count). The van der Waals surface area contributed by atoms with E-state index in [1.165, 1.54) is 11.3 Å². The molecule has 0 saturated carbocycles. The molecular weight excluding hydrogens is 202 g/mol. The summed E-state index contributed by atoms with van der Waals surface area (Å²) in [6.07, 6.45) is 2.03. The normalized spacial score (nSPS) is 22.2. The molecule has 4 nitrogen and oxygen atoms in total. The van der Waals surface area contributed by atoms with Gasteiger partial charge in [0.15, 0.2) is 0 Å². The second kappa shape index (κ2) is 3.31. The molecule has 16 heavy (non-hydrogen) atoms. The fraction of sp³-hybridized carbons (Fsp3) is 0.750. The molecule has 0 aromatic carbocycles. The molecule has 0 amide bonds. The average molecular weight is 221 g/mol. The van der Waals surface area contributed by atoms with Gasteiger partial charge in [-0.15, -0.1) is 0 Å². The molecule has 0 spiro atoms. The largest absolute Gasteiger partial charge is 0.377 e. The average Bonchev–Trinajstić information content (AvgIpc) is 2.61. The van der Waals surface area contributed by atoms with Crippen LogP contribution in [0.1, 0.15) is 38.1 Å². The van der Waals surface area contributed by atoms with Gasteiger partial charge in [-0.3, -0.25) is 9.58 Å². The predicted molar refractivity (Wildman–Crippen MR) is 61.1 cm³/mol. The van der Waals surface area contributed by atoms with Crippen LogP contribution in [-0.4, -0.2) is 33.4 Å². The van der Waals surface area contributed by atoms with Gasteiger partial charge in [0.05, 0.1) is 31.1 Å². The van der Waals surface area contributed by atoms with Crippen molar-refractivity contribution in [3.8, 4) is 0 Å². The lowest BCUT2D eigenvalue weighted by atomic mass is 10.1. The Kier molecular flexibility index (Phi) is 2.13. The number of aromatic nitrogens is 2. The fourth-order valence-electron chi connectivity index (χ4n) is 2.33. The van der Waals surface area contributed by atoms with E-state index >= 15 is 0 Å². The molecule has 0 unspecified atom stereocenters. The number of fused-ring (bicyclic) bond motifs is 1. The van der Waals surface area contributed by atoms with Crippen LogP contribution in [0.5, 0.6) is 0 Å². The maximum Gasteiger partial charge on any atom is 0.0989 e. The van der Waals surface area contributed by atoms with Crippen molar-refractivity contribution in [3.05, 3.63) is 17.5 Å². The van der Waals surface area contributed by atoms with Crippen LogP contribution < -0.4 is 0 Å². The summed E-state index contributed by atoms with van der Waals surface area (Å²) in [4.78, 5) is 2.50. The van der Waals surface area contributed by atoms with Crippen LogP contribution in [0.25, 0.3) is 0 Å². The Labute approximate surface area is 96.2 Å². The molecule has 2 aliphatic rings. The first-order chi connectivity index (χ1) is 7.55. The third-order valence-corrected chi connectivity index (χ3v) is 3.60. The minimum atomic E-state index is 0.236. The number of rotatable bonds is 1. The third kappa shape index (κ3) is 1.48. The maximum atomic E-state index is 5.24. The Balaban J connectivity index is 1.84. The van der Waals surface area contributed by atoms with Crippen molar-refractivity contribution in [1.29, 1.82) is 0 Å². The highest BCUT2D eigenvalue weighted by Crippen LogP contribution is 2.31. The molecule has 0 atom stereocenters. The van der Waals surface area contributed by atoms with Crippen LogP contribution in [0.3, 0.4) is 0 Å². The summed E-state index contributed by atoms with van der Waals surface area (Å²) in [5, 5.41) is 4.49. The molecule has 0 aliphatic carbocycles. The zero-order valence-electron chi connectivity index (χ0n) is 10.2.